The van der Waals surface area contributed by atoms with E-state index < -0.39 is 51.4 Å². The van der Waals surface area contributed by atoms with Crippen LogP contribution in [-0.2, 0) is 15.8 Å². The second-order valence-corrected chi connectivity index (χ2v) is 7.40. The molecule has 0 radical (unpaired) electrons. The van der Waals surface area contributed by atoms with Gasteiger partial charge in [-0.25, -0.2) is 0 Å². The molecule has 0 spiro atoms. The average Bonchev–Trinajstić information content (AvgIpc) is 3.09. The molecule has 1 fully saturated rings. The molecule has 1 aliphatic heterocycles. The van der Waals surface area contributed by atoms with Crippen LogP contribution in [0.1, 0.15) is 22.7 Å². The van der Waals surface area contributed by atoms with Crippen molar-refractivity contribution in [3.8, 4) is 0 Å². The largest absolute Gasteiger partial charge is 0.507 e. The lowest BCUT2D eigenvalue weighted by atomic mass is 9.94. The van der Waals surface area contributed by atoms with Crippen LogP contribution in [0.4, 0.5) is 24.5 Å². The lowest BCUT2D eigenvalue weighted by Gasteiger charge is -2.25. The van der Waals surface area contributed by atoms with Crippen molar-refractivity contribution >= 4 is 28.8 Å². The maximum Gasteiger partial charge on any atom is 0.416 e. The minimum Gasteiger partial charge on any atom is -0.507 e. The van der Waals surface area contributed by atoms with Crippen molar-refractivity contribution in [2.75, 3.05) is 4.90 Å². The van der Waals surface area contributed by atoms with Gasteiger partial charge in [-0.05, 0) is 24.3 Å². The zero-order valence-corrected chi connectivity index (χ0v) is 17.2. The number of nitro benzene ring substituents is 1. The highest BCUT2D eigenvalue weighted by Crippen LogP contribution is 2.45. The number of aliphatic hydroxyl groups excluding tert-OH is 1. The molecule has 1 amide bonds. The Hall–Kier alpha value is -4.47. The van der Waals surface area contributed by atoms with E-state index in [4.69, 9.17) is 0 Å². The Morgan fingerprint density at radius 1 is 0.941 bits per heavy atom. The summed E-state index contributed by atoms with van der Waals surface area (Å²) >= 11 is 0. The molecule has 3 aromatic rings. The normalized spacial score (nSPS) is 17.7. The van der Waals surface area contributed by atoms with E-state index in [0.29, 0.717) is 6.07 Å². The third-order valence-corrected chi connectivity index (χ3v) is 5.37. The van der Waals surface area contributed by atoms with E-state index in [1.807, 2.05) is 0 Å². The number of para-hydroxylation sites is 1. The molecule has 1 heterocycles. The molecule has 7 nitrogen and oxygen atoms in total. The molecule has 0 saturated carbocycles. The van der Waals surface area contributed by atoms with E-state index >= 15 is 0 Å². The Kier molecular flexibility index (Phi) is 5.66. The van der Waals surface area contributed by atoms with Gasteiger partial charge in [-0.15, -0.1) is 0 Å². The number of anilines is 1. The number of halogens is 3. The summed E-state index contributed by atoms with van der Waals surface area (Å²) in [6.45, 7) is 0. The monoisotopic (exact) mass is 468 g/mol. The van der Waals surface area contributed by atoms with Crippen LogP contribution in [0.25, 0.3) is 5.76 Å². The minimum absolute atomic E-state index is 0.137. The Labute approximate surface area is 190 Å². The van der Waals surface area contributed by atoms with Crippen LogP contribution in [0.15, 0.2) is 84.4 Å². The molecule has 1 N–H and O–H groups in total. The number of Topliss-reactive ketones (excluding diaryl/α,β-unsaturated/α-hetero) is 1. The first-order valence-corrected chi connectivity index (χ1v) is 9.88. The molecule has 34 heavy (non-hydrogen) atoms. The number of aliphatic hydroxyl groups is 1. The third-order valence-electron chi connectivity index (χ3n) is 5.37. The van der Waals surface area contributed by atoms with E-state index in [-0.39, 0.29) is 16.8 Å². The summed E-state index contributed by atoms with van der Waals surface area (Å²) < 4.78 is 40.0. The van der Waals surface area contributed by atoms with Crippen molar-refractivity contribution in [1.29, 1.82) is 0 Å². The Morgan fingerprint density at radius 2 is 1.59 bits per heavy atom. The van der Waals surface area contributed by atoms with E-state index in [1.165, 1.54) is 36.4 Å². The van der Waals surface area contributed by atoms with Crippen molar-refractivity contribution < 1.29 is 32.8 Å². The molecule has 1 atom stereocenters. The van der Waals surface area contributed by atoms with Crippen molar-refractivity contribution in [1.82, 2.24) is 0 Å². The molecule has 4 rings (SSSR count). The molecular weight excluding hydrogens is 453 g/mol. The first-order chi connectivity index (χ1) is 16.1. The van der Waals surface area contributed by atoms with Gasteiger partial charge in [-0.1, -0.05) is 48.5 Å². The number of carbonyl (C=O) groups is 2. The summed E-state index contributed by atoms with van der Waals surface area (Å²) in [5.41, 5.74) is -2.29. The molecule has 1 aliphatic rings. The van der Waals surface area contributed by atoms with E-state index in [9.17, 15) is 38.0 Å². The van der Waals surface area contributed by atoms with Gasteiger partial charge >= 0.3 is 6.18 Å². The molecule has 172 valence electrons. The number of nitro groups is 1. The van der Waals surface area contributed by atoms with Crippen LogP contribution in [0, 0.1) is 10.1 Å². The fourth-order valence-electron chi connectivity index (χ4n) is 3.86. The van der Waals surface area contributed by atoms with Crippen LogP contribution in [0.2, 0.25) is 0 Å². The molecule has 0 aromatic heterocycles. The highest BCUT2D eigenvalue weighted by molar-refractivity contribution is 6.51. The van der Waals surface area contributed by atoms with E-state index in [1.54, 1.807) is 18.2 Å². The van der Waals surface area contributed by atoms with Crippen LogP contribution in [-0.4, -0.2) is 21.7 Å². The van der Waals surface area contributed by atoms with E-state index in [0.717, 1.165) is 23.1 Å². The highest BCUT2D eigenvalue weighted by Gasteiger charge is 2.49. The van der Waals surface area contributed by atoms with Gasteiger partial charge in [0.1, 0.15) is 11.8 Å². The number of amides is 1. The zero-order chi connectivity index (χ0) is 24.6. The van der Waals surface area contributed by atoms with Crippen LogP contribution >= 0.6 is 0 Å². The molecule has 0 aliphatic carbocycles. The standard InChI is InChI=1S/C24H15F3N2O5/c25-24(26,27)15-9-6-10-16(13-15)28-20(17-11-4-5-12-18(17)29(33)34)19(22(31)23(28)32)21(30)14-7-2-1-3-8-14/h1-13,20,30H/t20-/m1/s1. The topological polar surface area (TPSA) is 101 Å². The fourth-order valence-corrected chi connectivity index (χ4v) is 3.86. The zero-order valence-electron chi connectivity index (χ0n) is 17.2. The van der Waals surface area contributed by atoms with Crippen molar-refractivity contribution in [3.63, 3.8) is 0 Å². The number of ketones is 1. The quantitative estimate of drug-likeness (QED) is 0.186. The molecule has 0 unspecified atom stereocenters. The predicted molar refractivity (Wildman–Crippen MR) is 116 cm³/mol. The van der Waals surface area contributed by atoms with Gasteiger partial charge in [0.2, 0.25) is 0 Å². The smallest absolute Gasteiger partial charge is 0.416 e. The fraction of sp³-hybridized carbons (Fsp3) is 0.0833. The van der Waals surface area contributed by atoms with Gasteiger partial charge in [-0.3, -0.25) is 24.6 Å². The van der Waals surface area contributed by atoms with Gasteiger partial charge in [0, 0.05) is 17.3 Å². The maximum atomic E-state index is 13.3. The second kappa shape index (κ2) is 8.47. The van der Waals surface area contributed by atoms with Crippen LogP contribution in [0.5, 0.6) is 0 Å². The van der Waals surface area contributed by atoms with Crippen molar-refractivity contribution in [2.24, 2.45) is 0 Å². The maximum absolute atomic E-state index is 13.3. The summed E-state index contributed by atoms with van der Waals surface area (Å²) in [4.78, 5) is 37.8. The predicted octanol–water partition coefficient (Wildman–Crippen LogP) is 5.24. The van der Waals surface area contributed by atoms with Gasteiger partial charge in [0.05, 0.1) is 21.6 Å². The summed E-state index contributed by atoms with van der Waals surface area (Å²) in [5.74, 6) is -3.00. The van der Waals surface area contributed by atoms with E-state index in [2.05, 4.69) is 0 Å². The lowest BCUT2D eigenvalue weighted by molar-refractivity contribution is -0.385. The molecule has 1 saturated heterocycles. The summed E-state index contributed by atoms with van der Waals surface area (Å²) in [7, 11) is 0. The Morgan fingerprint density at radius 3 is 2.24 bits per heavy atom. The van der Waals surface area contributed by atoms with Crippen LogP contribution < -0.4 is 4.90 Å². The van der Waals surface area contributed by atoms with Gasteiger partial charge in [-0.2, -0.15) is 13.2 Å². The first-order valence-electron chi connectivity index (χ1n) is 9.88. The molecule has 0 bridgehead atoms. The lowest BCUT2D eigenvalue weighted by Crippen LogP contribution is -2.30. The summed E-state index contributed by atoms with van der Waals surface area (Å²) in [6.07, 6.45) is -4.73. The molecular formula is C24H15F3N2O5. The molecule has 3 aromatic carbocycles. The summed E-state index contributed by atoms with van der Waals surface area (Å²) in [5, 5.41) is 22.7. The third kappa shape index (κ3) is 3.90. The number of benzene rings is 3. The highest BCUT2D eigenvalue weighted by atomic mass is 19.4. The second-order valence-electron chi connectivity index (χ2n) is 7.40. The van der Waals surface area contributed by atoms with Crippen molar-refractivity contribution in [2.45, 2.75) is 12.2 Å². The number of nitrogens with zero attached hydrogens (tertiary/aromatic N) is 2. The number of hydrogen-bond donors (Lipinski definition) is 1. The minimum atomic E-state index is -4.73. The summed E-state index contributed by atoms with van der Waals surface area (Å²) in [6, 6.07) is 15.1. The molecule has 10 heteroatoms. The van der Waals surface area contributed by atoms with Gasteiger partial charge < -0.3 is 5.11 Å². The Balaban J connectivity index is 2.01. The van der Waals surface area contributed by atoms with Crippen molar-refractivity contribution in [3.05, 3.63) is 111 Å². The number of carbonyl (C=O) groups excluding carboxylic acids is 2. The number of alkyl halides is 3. The first kappa shape index (κ1) is 22.7. The SMILES string of the molecule is O=C1C(=O)N(c2cccc(C(F)(F)F)c2)[C@H](c2ccccc2[N+](=O)[O-])C1=C(O)c1ccccc1. The number of rotatable bonds is 4. The van der Waals surface area contributed by atoms with Crippen LogP contribution in [0.3, 0.4) is 0 Å². The van der Waals surface area contributed by atoms with Gasteiger partial charge in [0.15, 0.2) is 0 Å². The Bertz CT molecular complexity index is 1340. The number of hydrogen-bond acceptors (Lipinski definition) is 5. The average molecular weight is 468 g/mol. The van der Waals surface area contributed by atoms with Gasteiger partial charge in [0.25, 0.3) is 17.4 Å².